The Morgan fingerprint density at radius 2 is 2.29 bits per heavy atom. The van der Waals surface area contributed by atoms with Gasteiger partial charge in [-0.25, -0.2) is 4.98 Å². The second-order valence-corrected chi connectivity index (χ2v) is 5.14. The van der Waals surface area contributed by atoms with Crippen LogP contribution in [0.3, 0.4) is 0 Å². The molecule has 0 spiro atoms. The van der Waals surface area contributed by atoms with E-state index in [1.807, 2.05) is 17.4 Å². The summed E-state index contributed by atoms with van der Waals surface area (Å²) < 4.78 is 2.88. The van der Waals surface area contributed by atoms with Crippen LogP contribution in [0.4, 0.5) is 0 Å². The molecule has 0 unspecified atom stereocenters. The van der Waals surface area contributed by atoms with E-state index in [9.17, 15) is 0 Å². The first kappa shape index (κ1) is 11.1. The smallest absolute Gasteiger partial charge is 0.213 e. The zero-order valence-corrected chi connectivity index (χ0v) is 11.4. The number of nitrogens with one attached hydrogen (secondary N) is 1. The largest absolute Gasteiger partial charge is 0.325 e. The van der Waals surface area contributed by atoms with Gasteiger partial charge in [-0.1, -0.05) is 11.6 Å². The average Bonchev–Trinajstić information content (AvgIpc) is 2.77. The Labute approximate surface area is 111 Å². The van der Waals surface area contributed by atoms with Crippen molar-refractivity contribution < 1.29 is 0 Å². The third-order valence-electron chi connectivity index (χ3n) is 2.77. The molecule has 6 heteroatoms. The summed E-state index contributed by atoms with van der Waals surface area (Å²) in [5, 5.41) is 0.665. The van der Waals surface area contributed by atoms with Gasteiger partial charge in [0.05, 0.1) is 16.2 Å². The summed E-state index contributed by atoms with van der Waals surface area (Å²) in [6.07, 6.45) is 0. The van der Waals surface area contributed by atoms with Crippen molar-refractivity contribution in [2.24, 2.45) is 5.73 Å². The molecule has 4 nitrogen and oxygen atoms in total. The zero-order chi connectivity index (χ0) is 12.2. The van der Waals surface area contributed by atoms with Gasteiger partial charge in [0.2, 0.25) is 5.78 Å². The molecule has 88 valence electrons. The maximum atomic E-state index is 6.19. The van der Waals surface area contributed by atoms with Crippen LogP contribution >= 0.6 is 27.5 Å². The van der Waals surface area contributed by atoms with E-state index in [-0.39, 0.29) is 0 Å². The number of benzene rings is 1. The molecule has 0 aliphatic carbocycles. The molecular formula is C11H10BrClN4. The van der Waals surface area contributed by atoms with Crippen molar-refractivity contribution in [3.05, 3.63) is 33.0 Å². The predicted molar refractivity (Wildman–Crippen MR) is 72.4 cm³/mol. The highest BCUT2D eigenvalue weighted by atomic mass is 79.9. The first-order valence-electron chi connectivity index (χ1n) is 5.16. The number of H-pyrrole nitrogens is 1. The van der Waals surface area contributed by atoms with Gasteiger partial charge in [-0.05, 0) is 40.5 Å². The minimum atomic E-state index is 0.436. The SMILES string of the molecule is Cc1cc(Cl)c2nc3[nH]c(CN)c(Br)n3c2c1. The van der Waals surface area contributed by atoms with Crippen LogP contribution in [0.2, 0.25) is 5.02 Å². The summed E-state index contributed by atoms with van der Waals surface area (Å²) in [7, 11) is 0. The van der Waals surface area contributed by atoms with E-state index in [0.717, 1.165) is 32.7 Å². The van der Waals surface area contributed by atoms with Crippen molar-refractivity contribution in [2.45, 2.75) is 13.5 Å². The van der Waals surface area contributed by atoms with Gasteiger partial charge in [0.15, 0.2) is 0 Å². The Bertz CT molecular complexity index is 728. The van der Waals surface area contributed by atoms with Gasteiger partial charge >= 0.3 is 0 Å². The molecule has 3 aromatic rings. The van der Waals surface area contributed by atoms with E-state index in [2.05, 4.69) is 32.0 Å². The fraction of sp³-hybridized carbons (Fsp3) is 0.182. The zero-order valence-electron chi connectivity index (χ0n) is 9.09. The second-order valence-electron chi connectivity index (χ2n) is 3.98. The average molecular weight is 314 g/mol. The highest BCUT2D eigenvalue weighted by Gasteiger charge is 2.15. The number of aryl methyl sites for hydroxylation is 1. The lowest BCUT2D eigenvalue weighted by molar-refractivity contribution is 1.00. The summed E-state index contributed by atoms with van der Waals surface area (Å²) in [6, 6.07) is 3.97. The van der Waals surface area contributed by atoms with Crippen molar-refractivity contribution in [3.8, 4) is 0 Å². The summed E-state index contributed by atoms with van der Waals surface area (Å²) in [4.78, 5) is 7.65. The van der Waals surface area contributed by atoms with Crippen molar-refractivity contribution >= 4 is 44.3 Å². The normalized spacial score (nSPS) is 11.8. The van der Waals surface area contributed by atoms with Crippen molar-refractivity contribution in [3.63, 3.8) is 0 Å². The van der Waals surface area contributed by atoms with Crippen LogP contribution in [-0.4, -0.2) is 14.4 Å². The van der Waals surface area contributed by atoms with Gasteiger partial charge in [-0.2, -0.15) is 0 Å². The third-order valence-corrected chi connectivity index (χ3v) is 3.89. The first-order valence-corrected chi connectivity index (χ1v) is 6.33. The molecule has 0 saturated heterocycles. The summed E-state index contributed by atoms with van der Waals surface area (Å²) >= 11 is 9.72. The number of rotatable bonds is 1. The van der Waals surface area contributed by atoms with E-state index >= 15 is 0 Å². The van der Waals surface area contributed by atoms with Gasteiger partial charge < -0.3 is 10.7 Å². The Balaban J connectivity index is 2.51. The van der Waals surface area contributed by atoms with Crippen LogP contribution in [0, 0.1) is 6.92 Å². The van der Waals surface area contributed by atoms with Crippen LogP contribution in [0.25, 0.3) is 16.8 Å². The lowest BCUT2D eigenvalue weighted by Crippen LogP contribution is -1.97. The molecule has 0 bridgehead atoms. The fourth-order valence-corrected chi connectivity index (χ4v) is 2.94. The molecular weight excluding hydrogens is 304 g/mol. The number of hydrogen-bond donors (Lipinski definition) is 2. The van der Waals surface area contributed by atoms with E-state index in [1.54, 1.807) is 0 Å². The molecule has 2 heterocycles. The number of nitrogens with two attached hydrogens (primary N) is 1. The molecule has 0 amide bonds. The number of nitrogens with zero attached hydrogens (tertiary/aromatic N) is 2. The molecule has 17 heavy (non-hydrogen) atoms. The van der Waals surface area contributed by atoms with Crippen LogP contribution in [0.1, 0.15) is 11.3 Å². The van der Waals surface area contributed by atoms with Gasteiger partial charge in [0, 0.05) is 6.54 Å². The number of aromatic amines is 1. The standard InChI is InChI=1S/C11H10BrClN4/c1-5-2-6(13)9-8(3-5)17-10(12)7(4-14)15-11(17)16-9/h2-3H,4,14H2,1H3,(H,15,16). The predicted octanol–water partition coefficient (Wildman–Crippen LogP) is 3.00. The van der Waals surface area contributed by atoms with Gasteiger partial charge in [0.1, 0.15) is 10.1 Å². The van der Waals surface area contributed by atoms with Crippen LogP contribution < -0.4 is 5.73 Å². The fourth-order valence-electron chi connectivity index (χ4n) is 2.01. The third kappa shape index (κ3) is 1.50. The van der Waals surface area contributed by atoms with Crippen LogP contribution in [0.15, 0.2) is 16.7 Å². The number of halogens is 2. The van der Waals surface area contributed by atoms with Crippen LogP contribution in [-0.2, 0) is 6.54 Å². The molecule has 3 N–H and O–H groups in total. The molecule has 0 saturated carbocycles. The molecule has 0 aliphatic heterocycles. The van der Waals surface area contributed by atoms with E-state index in [0.29, 0.717) is 11.6 Å². The molecule has 1 aromatic carbocycles. The Morgan fingerprint density at radius 3 is 3.00 bits per heavy atom. The first-order chi connectivity index (χ1) is 8.11. The summed E-state index contributed by atoms with van der Waals surface area (Å²) in [6.45, 7) is 2.44. The number of aromatic nitrogens is 3. The molecule has 0 radical (unpaired) electrons. The maximum Gasteiger partial charge on any atom is 0.213 e. The molecule has 0 aliphatic rings. The highest BCUT2D eigenvalue weighted by Crippen LogP contribution is 2.29. The van der Waals surface area contributed by atoms with Crippen molar-refractivity contribution in [2.75, 3.05) is 0 Å². The van der Waals surface area contributed by atoms with Crippen molar-refractivity contribution in [1.82, 2.24) is 14.4 Å². The Hall–Kier alpha value is -1.04. The Morgan fingerprint density at radius 1 is 1.53 bits per heavy atom. The number of fused-ring (bicyclic) bond motifs is 3. The van der Waals surface area contributed by atoms with Crippen molar-refractivity contribution in [1.29, 1.82) is 0 Å². The maximum absolute atomic E-state index is 6.19. The topological polar surface area (TPSA) is 59.1 Å². The van der Waals surface area contributed by atoms with Gasteiger partial charge in [-0.3, -0.25) is 4.40 Å². The molecule has 0 atom stereocenters. The lowest BCUT2D eigenvalue weighted by Gasteiger charge is -1.98. The van der Waals surface area contributed by atoms with Gasteiger partial charge in [-0.15, -0.1) is 0 Å². The summed E-state index contributed by atoms with van der Waals surface area (Å²) in [5.74, 6) is 0.750. The van der Waals surface area contributed by atoms with Gasteiger partial charge in [0.25, 0.3) is 0 Å². The second kappa shape index (κ2) is 3.73. The quantitative estimate of drug-likeness (QED) is 0.725. The lowest BCUT2D eigenvalue weighted by atomic mass is 10.2. The molecule has 2 aromatic heterocycles. The van der Waals surface area contributed by atoms with E-state index < -0.39 is 0 Å². The minimum Gasteiger partial charge on any atom is -0.325 e. The van der Waals surface area contributed by atoms with E-state index in [1.165, 1.54) is 0 Å². The summed E-state index contributed by atoms with van der Waals surface area (Å²) in [5.41, 5.74) is 9.45. The molecule has 3 rings (SSSR count). The number of hydrogen-bond acceptors (Lipinski definition) is 2. The monoisotopic (exact) mass is 312 g/mol. The minimum absolute atomic E-state index is 0.436. The van der Waals surface area contributed by atoms with E-state index in [4.69, 9.17) is 17.3 Å². The van der Waals surface area contributed by atoms with Crippen LogP contribution in [0.5, 0.6) is 0 Å². The molecule has 0 fully saturated rings. The highest BCUT2D eigenvalue weighted by molar-refractivity contribution is 9.10. The number of imidazole rings is 2. The Kier molecular flexibility index (Phi) is 2.43.